The molecule has 82 valence electrons. The Labute approximate surface area is 92.7 Å². The van der Waals surface area contributed by atoms with Gasteiger partial charge in [-0.05, 0) is 25.0 Å². The van der Waals surface area contributed by atoms with Gasteiger partial charge in [-0.1, -0.05) is 18.2 Å². The highest BCUT2D eigenvalue weighted by Crippen LogP contribution is 2.50. The summed E-state index contributed by atoms with van der Waals surface area (Å²) in [4.78, 5) is 10.8. The smallest absolute Gasteiger partial charge is 0.307 e. The van der Waals surface area contributed by atoms with E-state index in [1.54, 1.807) is 0 Å². The minimum Gasteiger partial charge on any atom is -0.481 e. The first-order chi connectivity index (χ1) is 7.68. The molecule has 0 saturated heterocycles. The van der Waals surface area contributed by atoms with Crippen LogP contribution in [-0.2, 0) is 4.79 Å². The van der Waals surface area contributed by atoms with Crippen molar-refractivity contribution in [3.8, 4) is 0 Å². The largest absolute Gasteiger partial charge is 0.481 e. The average Bonchev–Trinajstić information content (AvgIpc) is 3.00. The number of carboxylic acid groups (broad SMARTS) is 1. The first-order valence-corrected chi connectivity index (χ1v) is 5.39. The maximum Gasteiger partial charge on any atom is 0.307 e. The molecule has 2 atom stereocenters. The average molecular weight is 216 g/mol. The molecular formula is C13H12O3. The Bertz CT molecular complexity index is 568. The predicted molar refractivity (Wildman–Crippen MR) is 59.4 cm³/mol. The highest BCUT2D eigenvalue weighted by Gasteiger charge is 2.47. The molecule has 1 aliphatic rings. The van der Waals surface area contributed by atoms with Gasteiger partial charge in [-0.3, -0.25) is 4.79 Å². The van der Waals surface area contributed by atoms with Gasteiger partial charge in [0.2, 0.25) is 0 Å². The molecule has 3 rings (SSSR count). The number of carboxylic acids is 1. The van der Waals surface area contributed by atoms with E-state index in [1.807, 2.05) is 31.2 Å². The van der Waals surface area contributed by atoms with Crippen molar-refractivity contribution in [2.45, 2.75) is 19.3 Å². The van der Waals surface area contributed by atoms with Crippen molar-refractivity contribution in [3.05, 3.63) is 35.6 Å². The Balaban J connectivity index is 2.06. The summed E-state index contributed by atoms with van der Waals surface area (Å²) in [5.41, 5.74) is 1.94. The van der Waals surface area contributed by atoms with Crippen molar-refractivity contribution < 1.29 is 14.3 Å². The molecule has 0 spiro atoms. The Kier molecular flexibility index (Phi) is 1.84. The molecule has 16 heavy (non-hydrogen) atoms. The van der Waals surface area contributed by atoms with E-state index in [4.69, 9.17) is 9.52 Å². The number of carbonyl (C=O) groups is 1. The van der Waals surface area contributed by atoms with Crippen LogP contribution in [-0.4, -0.2) is 11.1 Å². The molecule has 1 fully saturated rings. The molecule has 0 amide bonds. The van der Waals surface area contributed by atoms with Crippen molar-refractivity contribution >= 4 is 16.9 Å². The summed E-state index contributed by atoms with van der Waals surface area (Å²) in [6.45, 7) is 2.00. The van der Waals surface area contributed by atoms with E-state index < -0.39 is 5.97 Å². The van der Waals surface area contributed by atoms with Gasteiger partial charge < -0.3 is 9.52 Å². The molecule has 0 unspecified atom stereocenters. The molecule has 0 aliphatic heterocycles. The number of hydrogen-bond acceptors (Lipinski definition) is 2. The summed E-state index contributed by atoms with van der Waals surface area (Å²) in [5.74, 6) is -0.0392. The Morgan fingerprint density at radius 2 is 2.19 bits per heavy atom. The van der Waals surface area contributed by atoms with E-state index in [-0.39, 0.29) is 11.8 Å². The predicted octanol–water partition coefficient (Wildman–Crippen LogP) is 2.93. The molecular weight excluding hydrogens is 204 g/mol. The van der Waals surface area contributed by atoms with Crippen LogP contribution in [0.3, 0.4) is 0 Å². The number of benzene rings is 1. The van der Waals surface area contributed by atoms with Crippen LogP contribution in [0.1, 0.15) is 23.7 Å². The second-order valence-corrected chi connectivity index (χ2v) is 4.37. The van der Waals surface area contributed by atoms with E-state index in [9.17, 15) is 4.79 Å². The number of fused-ring (bicyclic) bond motifs is 1. The van der Waals surface area contributed by atoms with Crippen LogP contribution < -0.4 is 0 Å². The summed E-state index contributed by atoms with van der Waals surface area (Å²) in [6, 6.07) is 7.83. The lowest BCUT2D eigenvalue weighted by Gasteiger charge is -1.94. The third kappa shape index (κ3) is 1.24. The van der Waals surface area contributed by atoms with Crippen LogP contribution in [0.5, 0.6) is 0 Å². The van der Waals surface area contributed by atoms with E-state index >= 15 is 0 Å². The highest BCUT2D eigenvalue weighted by atomic mass is 16.4. The van der Waals surface area contributed by atoms with Crippen molar-refractivity contribution in [2.75, 3.05) is 0 Å². The van der Waals surface area contributed by atoms with Gasteiger partial charge in [0.15, 0.2) is 0 Å². The fraction of sp³-hybridized carbons (Fsp3) is 0.308. The first-order valence-electron chi connectivity index (χ1n) is 5.39. The molecule has 2 aromatic rings. The highest BCUT2D eigenvalue weighted by molar-refractivity contribution is 5.83. The van der Waals surface area contributed by atoms with Crippen LogP contribution >= 0.6 is 0 Å². The van der Waals surface area contributed by atoms with Gasteiger partial charge in [0, 0.05) is 11.3 Å². The molecule has 1 N–H and O–H groups in total. The van der Waals surface area contributed by atoms with E-state index in [0.717, 1.165) is 22.3 Å². The molecule has 1 heterocycles. The fourth-order valence-electron chi connectivity index (χ4n) is 2.30. The second-order valence-electron chi connectivity index (χ2n) is 4.37. The normalized spacial score (nSPS) is 23.6. The van der Waals surface area contributed by atoms with Gasteiger partial charge in [-0.25, -0.2) is 0 Å². The fourth-order valence-corrected chi connectivity index (χ4v) is 2.30. The van der Waals surface area contributed by atoms with Crippen molar-refractivity contribution in [3.63, 3.8) is 0 Å². The summed E-state index contributed by atoms with van der Waals surface area (Å²) >= 11 is 0. The van der Waals surface area contributed by atoms with E-state index in [0.29, 0.717) is 6.42 Å². The number of furan rings is 1. The van der Waals surface area contributed by atoms with Crippen LogP contribution in [0.15, 0.2) is 28.7 Å². The monoisotopic (exact) mass is 216 g/mol. The van der Waals surface area contributed by atoms with Crippen LogP contribution in [0.4, 0.5) is 0 Å². The molecule has 0 bridgehead atoms. The van der Waals surface area contributed by atoms with Crippen LogP contribution in [0.25, 0.3) is 11.0 Å². The maximum atomic E-state index is 10.8. The maximum absolute atomic E-state index is 10.8. The number of aryl methyl sites for hydroxylation is 1. The third-order valence-electron chi connectivity index (χ3n) is 3.32. The van der Waals surface area contributed by atoms with Gasteiger partial charge in [0.05, 0.1) is 5.92 Å². The number of para-hydroxylation sites is 1. The molecule has 1 aliphatic carbocycles. The second kappa shape index (κ2) is 3.11. The van der Waals surface area contributed by atoms with Gasteiger partial charge in [0.1, 0.15) is 11.3 Å². The van der Waals surface area contributed by atoms with Crippen molar-refractivity contribution in [2.24, 2.45) is 5.92 Å². The molecule has 0 radical (unpaired) electrons. The number of aliphatic carboxylic acids is 1. The minimum absolute atomic E-state index is 0.0740. The zero-order chi connectivity index (χ0) is 11.3. The SMILES string of the molecule is Cc1c([C@@H]2C[C@H]2C(=O)O)oc2ccccc12. The van der Waals surface area contributed by atoms with Crippen molar-refractivity contribution in [1.29, 1.82) is 0 Å². The Morgan fingerprint density at radius 3 is 2.81 bits per heavy atom. The lowest BCUT2D eigenvalue weighted by molar-refractivity contribution is -0.138. The Hall–Kier alpha value is -1.77. The third-order valence-corrected chi connectivity index (χ3v) is 3.32. The number of rotatable bonds is 2. The van der Waals surface area contributed by atoms with E-state index in [1.165, 1.54) is 0 Å². The molecule has 1 saturated carbocycles. The molecule has 3 heteroatoms. The van der Waals surface area contributed by atoms with Gasteiger partial charge in [-0.15, -0.1) is 0 Å². The van der Waals surface area contributed by atoms with Gasteiger partial charge in [-0.2, -0.15) is 0 Å². The molecule has 1 aromatic heterocycles. The van der Waals surface area contributed by atoms with Gasteiger partial charge in [0.25, 0.3) is 0 Å². The lowest BCUT2D eigenvalue weighted by atomic mass is 10.1. The summed E-state index contributed by atoms with van der Waals surface area (Å²) < 4.78 is 5.74. The quantitative estimate of drug-likeness (QED) is 0.839. The summed E-state index contributed by atoms with van der Waals surface area (Å²) in [7, 11) is 0. The first kappa shape index (κ1) is 9.46. The molecule has 1 aromatic carbocycles. The van der Waals surface area contributed by atoms with E-state index in [2.05, 4.69) is 0 Å². The standard InChI is InChI=1S/C13H12O3/c1-7-8-4-2-3-5-11(8)16-12(7)9-6-10(9)13(14)15/h2-5,9-10H,6H2,1H3,(H,14,15)/t9-,10-/m1/s1. The zero-order valence-corrected chi connectivity index (χ0v) is 8.93. The Morgan fingerprint density at radius 1 is 1.44 bits per heavy atom. The van der Waals surface area contributed by atoms with Crippen LogP contribution in [0.2, 0.25) is 0 Å². The van der Waals surface area contributed by atoms with Gasteiger partial charge >= 0.3 is 5.97 Å². The number of hydrogen-bond donors (Lipinski definition) is 1. The van der Waals surface area contributed by atoms with Crippen molar-refractivity contribution in [1.82, 2.24) is 0 Å². The lowest BCUT2D eigenvalue weighted by Crippen LogP contribution is -1.98. The summed E-state index contributed by atoms with van der Waals surface area (Å²) in [6.07, 6.45) is 0.704. The topological polar surface area (TPSA) is 50.4 Å². The van der Waals surface area contributed by atoms with Crippen LogP contribution in [0, 0.1) is 12.8 Å². The zero-order valence-electron chi connectivity index (χ0n) is 8.93. The minimum atomic E-state index is -0.718. The molecule has 3 nitrogen and oxygen atoms in total. The summed E-state index contributed by atoms with van der Waals surface area (Å²) in [5, 5.41) is 10.0.